The average Bonchev–Trinajstić information content (AvgIpc) is 3.51. The minimum atomic E-state index is -4.30. The molecule has 194 valence electrons. The van der Waals surface area contributed by atoms with E-state index in [1.54, 1.807) is 11.4 Å². The molecule has 0 aliphatic rings. The monoisotopic (exact) mass is 604 g/mol. The van der Waals surface area contributed by atoms with E-state index in [4.69, 9.17) is 0 Å². The maximum atomic E-state index is 11.3. The van der Waals surface area contributed by atoms with Crippen LogP contribution in [0.5, 0.6) is 0 Å². The maximum Gasteiger partial charge on any atom is 1.00 e. The van der Waals surface area contributed by atoms with Gasteiger partial charge in [0.15, 0.2) is 15.9 Å². The molecule has 0 fully saturated rings. The number of nitrogens with one attached hydrogen (secondary N) is 1. The zero-order valence-electron chi connectivity index (χ0n) is 19.9. The van der Waals surface area contributed by atoms with Crippen molar-refractivity contribution < 1.29 is 84.2 Å². The van der Waals surface area contributed by atoms with Gasteiger partial charge in [-0.05, 0) is 37.1 Å². The molecule has 0 aliphatic carbocycles. The van der Waals surface area contributed by atoms with Gasteiger partial charge in [0, 0.05) is 17.9 Å². The molecule has 0 amide bonds. The fraction of sp³-hybridized carbons (Fsp3) is 0.263. The summed E-state index contributed by atoms with van der Waals surface area (Å²) in [4.78, 5) is 22.7. The zero-order valence-corrected chi connectivity index (χ0v) is 25.4. The number of rotatable bonds is 11. The second kappa shape index (κ2) is 12.8. The molecule has 3 heterocycles. The van der Waals surface area contributed by atoms with Crippen LogP contribution in [0.4, 0.5) is 10.8 Å². The minimum Gasteiger partial charge on any atom is -0.748 e. The van der Waals surface area contributed by atoms with Crippen LogP contribution >= 0.6 is 23.1 Å². The molecule has 0 saturated heterocycles. The summed E-state index contributed by atoms with van der Waals surface area (Å²) in [5, 5.41) is 46.1. The number of aromatic carboxylic acids is 2. The third-order valence-corrected chi connectivity index (χ3v) is 7.80. The van der Waals surface area contributed by atoms with Crippen LogP contribution in [0.25, 0.3) is 5.65 Å². The van der Waals surface area contributed by atoms with Crippen molar-refractivity contribution in [1.29, 1.82) is 0 Å². The molecule has 3 aromatic heterocycles. The number of aromatic nitrogens is 6. The summed E-state index contributed by atoms with van der Waals surface area (Å²) >= 11 is 2.16. The van der Waals surface area contributed by atoms with Gasteiger partial charge in [-0.3, -0.25) is 5.10 Å². The van der Waals surface area contributed by atoms with Crippen molar-refractivity contribution in [2.24, 2.45) is 10.2 Å². The molecule has 0 aliphatic heterocycles. The largest absolute Gasteiger partial charge is 1.00 e. The predicted octanol–water partition coefficient (Wildman–Crippen LogP) is -0.544. The summed E-state index contributed by atoms with van der Waals surface area (Å²) in [7, 11) is -4.30. The smallest absolute Gasteiger partial charge is 0.748 e. The molecule has 4 aromatic rings. The van der Waals surface area contributed by atoms with Gasteiger partial charge in [-0.15, -0.1) is 30.6 Å². The fourth-order valence-electron chi connectivity index (χ4n) is 3.22. The molecule has 0 radical (unpaired) electrons. The van der Waals surface area contributed by atoms with Gasteiger partial charge in [0.25, 0.3) is 5.13 Å². The van der Waals surface area contributed by atoms with Crippen molar-refractivity contribution in [2.45, 2.75) is 24.1 Å². The first-order valence-electron chi connectivity index (χ1n) is 10.3. The number of carboxylic acids is 2. The number of H-pyrrole nitrogens is 1. The molecule has 3 N–H and O–H groups in total. The molecule has 38 heavy (non-hydrogen) atoms. The fourth-order valence-corrected chi connectivity index (χ4v) is 5.76. The number of nitrogens with zero attached hydrogens (tertiary/aromatic N) is 7. The summed E-state index contributed by atoms with van der Waals surface area (Å²) in [5.41, 5.74) is 1.72. The topological polar surface area (TPSA) is 228 Å². The Hall–Kier alpha value is -2.10. The van der Waals surface area contributed by atoms with E-state index in [9.17, 15) is 32.8 Å². The first kappa shape index (κ1) is 30.4. The normalized spacial score (nSPS) is 11.7. The van der Waals surface area contributed by atoms with Gasteiger partial charge < -0.3 is 14.8 Å². The molecule has 0 spiro atoms. The summed E-state index contributed by atoms with van der Waals surface area (Å²) in [6, 6.07) is 3.94. The standard InChI is InChI=1S/C19H18N8O7S3.K/c1-9-14(21-23-18-24-25-19(36-18)35-4-5-37(32,33)34)15-22-20-13(27(15)26-9)3-2-10-6-11(16(28)29)8-12(7-10)17(30)31;/h6-8,26H,2-5H2,1H3,(H,28,29)(H,30,31)(H,32,33,34);/q;+1/p-1. The number of carboxylic acid groups (broad SMARTS) is 2. The van der Waals surface area contributed by atoms with Crippen LogP contribution < -0.4 is 51.4 Å². The number of aryl methyl sites for hydroxylation is 3. The van der Waals surface area contributed by atoms with Gasteiger partial charge in [-0.2, -0.15) is 0 Å². The van der Waals surface area contributed by atoms with Gasteiger partial charge in [0.05, 0.1) is 26.9 Å². The van der Waals surface area contributed by atoms with E-state index in [2.05, 4.69) is 35.7 Å². The Kier molecular flexibility index (Phi) is 10.3. The summed E-state index contributed by atoms with van der Waals surface area (Å²) < 4.78 is 34.1. The van der Waals surface area contributed by atoms with Crippen LogP contribution in [0.3, 0.4) is 0 Å². The summed E-state index contributed by atoms with van der Waals surface area (Å²) in [5.74, 6) is -2.40. The predicted molar refractivity (Wildman–Crippen MR) is 129 cm³/mol. The number of azo groups is 1. The molecule has 0 bridgehead atoms. The number of hydrogen-bond acceptors (Lipinski definition) is 13. The van der Waals surface area contributed by atoms with E-state index in [1.165, 1.54) is 12.1 Å². The van der Waals surface area contributed by atoms with Crippen molar-refractivity contribution in [3.63, 3.8) is 0 Å². The number of hydrogen-bond donors (Lipinski definition) is 3. The maximum absolute atomic E-state index is 11.3. The quantitative estimate of drug-likeness (QED) is 0.0848. The Morgan fingerprint density at radius 3 is 2.39 bits per heavy atom. The molecular formula is C19H17KN8O7S3. The van der Waals surface area contributed by atoms with E-state index in [-0.39, 0.29) is 73.4 Å². The molecule has 0 atom stereocenters. The van der Waals surface area contributed by atoms with E-state index < -0.39 is 27.8 Å². The number of aromatic amines is 1. The molecule has 4 rings (SSSR count). The summed E-state index contributed by atoms with van der Waals surface area (Å²) in [6.45, 7) is 1.76. The first-order chi connectivity index (χ1) is 17.5. The van der Waals surface area contributed by atoms with Crippen LogP contribution in [-0.2, 0) is 23.0 Å². The van der Waals surface area contributed by atoms with Crippen LogP contribution in [0.15, 0.2) is 32.8 Å². The third kappa shape index (κ3) is 7.73. The van der Waals surface area contributed by atoms with Gasteiger partial charge in [0.1, 0.15) is 0 Å². The second-order valence-corrected chi connectivity index (χ2v) is 11.4. The number of carbonyl (C=O) groups is 2. The minimum absolute atomic E-state index is 0. The van der Waals surface area contributed by atoms with Gasteiger partial charge in [-0.1, -0.05) is 23.1 Å². The third-order valence-electron chi connectivity index (χ3n) is 4.89. The molecular weight excluding hydrogens is 588 g/mol. The van der Waals surface area contributed by atoms with Gasteiger partial charge >= 0.3 is 63.3 Å². The Morgan fingerprint density at radius 2 is 1.76 bits per heavy atom. The van der Waals surface area contributed by atoms with Gasteiger partial charge in [-0.25, -0.2) is 22.5 Å². The molecule has 1 aromatic carbocycles. The van der Waals surface area contributed by atoms with Crippen LogP contribution in [0, 0.1) is 6.92 Å². The van der Waals surface area contributed by atoms with Crippen molar-refractivity contribution in [2.75, 3.05) is 11.5 Å². The van der Waals surface area contributed by atoms with Crippen molar-refractivity contribution in [3.8, 4) is 0 Å². The molecule has 0 unspecified atom stereocenters. The number of thioether (sulfide) groups is 1. The Morgan fingerprint density at radius 1 is 1.08 bits per heavy atom. The van der Waals surface area contributed by atoms with E-state index in [0.29, 0.717) is 45.6 Å². The van der Waals surface area contributed by atoms with E-state index in [0.717, 1.165) is 29.2 Å². The van der Waals surface area contributed by atoms with E-state index in [1.807, 2.05) is 0 Å². The Labute approximate surface area is 265 Å². The van der Waals surface area contributed by atoms with Crippen molar-refractivity contribution in [3.05, 3.63) is 46.4 Å². The summed E-state index contributed by atoms with van der Waals surface area (Å²) in [6.07, 6.45) is 0.645. The van der Waals surface area contributed by atoms with E-state index >= 15 is 0 Å². The number of fused-ring (bicyclic) bond motifs is 1. The van der Waals surface area contributed by atoms with Crippen LogP contribution in [0.2, 0.25) is 0 Å². The van der Waals surface area contributed by atoms with Crippen LogP contribution in [-0.4, -0.2) is 76.6 Å². The molecule has 19 heteroatoms. The van der Waals surface area contributed by atoms with Crippen LogP contribution in [0.1, 0.15) is 37.8 Å². The average molecular weight is 605 g/mol. The number of benzene rings is 1. The molecule has 15 nitrogen and oxygen atoms in total. The van der Waals surface area contributed by atoms with Gasteiger partial charge in [0.2, 0.25) is 5.65 Å². The zero-order chi connectivity index (χ0) is 26.7. The van der Waals surface area contributed by atoms with Crippen molar-refractivity contribution >= 4 is 61.6 Å². The Bertz CT molecular complexity index is 1600. The van der Waals surface area contributed by atoms with Crippen molar-refractivity contribution in [1.82, 2.24) is 30.0 Å². The Balaban J connectivity index is 0.00000400. The first-order valence-corrected chi connectivity index (χ1v) is 13.7. The SMILES string of the molecule is Cc1[nH]n2c(CCc3cc(C(=O)O)cc(C(=O)O)c3)nnc2c1N=Nc1nnc(SCCS(=O)(=O)[O-])s1.[K+]. The second-order valence-electron chi connectivity index (χ2n) is 7.55. The molecule has 0 saturated carbocycles.